The Labute approximate surface area is 122 Å². The normalized spacial score (nSPS) is 10.6. The quantitative estimate of drug-likeness (QED) is 0.874. The Morgan fingerprint density at radius 1 is 1.10 bits per heavy atom. The average Bonchev–Trinajstić information content (AvgIpc) is 2.37. The standard InChI is InChI=1S/C15H16N2O2S/c1-9-4-6-12(7-5-9)20-8-13-16-10(2)14(15(18)19)11(3)17-13/h4-7H,8H2,1-3H3,(H,18,19). The topological polar surface area (TPSA) is 63.1 Å². The lowest BCUT2D eigenvalue weighted by molar-refractivity contribution is 0.0694. The van der Waals surface area contributed by atoms with E-state index in [2.05, 4.69) is 41.2 Å². The molecule has 2 rings (SSSR count). The molecule has 0 aliphatic carbocycles. The smallest absolute Gasteiger partial charge is 0.339 e. The Morgan fingerprint density at radius 2 is 1.65 bits per heavy atom. The van der Waals surface area contributed by atoms with Crippen molar-refractivity contribution in [1.29, 1.82) is 0 Å². The van der Waals surface area contributed by atoms with E-state index in [0.717, 1.165) is 4.90 Å². The minimum atomic E-state index is -0.974. The molecule has 1 aromatic heterocycles. The Kier molecular flexibility index (Phi) is 4.39. The zero-order valence-electron chi connectivity index (χ0n) is 11.7. The Morgan fingerprint density at radius 3 is 2.15 bits per heavy atom. The molecule has 0 spiro atoms. The molecule has 5 heteroatoms. The van der Waals surface area contributed by atoms with Crippen LogP contribution in [0.1, 0.15) is 33.1 Å². The molecule has 20 heavy (non-hydrogen) atoms. The highest BCUT2D eigenvalue weighted by molar-refractivity contribution is 7.98. The van der Waals surface area contributed by atoms with Gasteiger partial charge in [0.1, 0.15) is 11.4 Å². The second kappa shape index (κ2) is 6.05. The maximum Gasteiger partial charge on any atom is 0.339 e. The number of aromatic carboxylic acids is 1. The lowest BCUT2D eigenvalue weighted by Crippen LogP contribution is -2.09. The van der Waals surface area contributed by atoms with Gasteiger partial charge in [-0.2, -0.15) is 0 Å². The van der Waals surface area contributed by atoms with Gasteiger partial charge in [-0.3, -0.25) is 0 Å². The molecule has 0 radical (unpaired) electrons. The molecule has 2 aromatic rings. The SMILES string of the molecule is Cc1ccc(SCc2nc(C)c(C(=O)O)c(C)n2)cc1. The molecular formula is C15H16N2O2S. The van der Waals surface area contributed by atoms with Gasteiger partial charge < -0.3 is 5.11 Å². The molecule has 0 fully saturated rings. The molecular weight excluding hydrogens is 272 g/mol. The van der Waals surface area contributed by atoms with Crippen molar-refractivity contribution in [2.45, 2.75) is 31.4 Å². The number of carboxylic acid groups (broad SMARTS) is 1. The fourth-order valence-corrected chi connectivity index (χ4v) is 2.70. The van der Waals surface area contributed by atoms with Crippen molar-refractivity contribution in [2.75, 3.05) is 0 Å². The van der Waals surface area contributed by atoms with Crippen molar-refractivity contribution in [1.82, 2.24) is 9.97 Å². The van der Waals surface area contributed by atoms with Crippen molar-refractivity contribution >= 4 is 17.7 Å². The van der Waals surface area contributed by atoms with Gasteiger partial charge >= 0.3 is 5.97 Å². The fourth-order valence-electron chi connectivity index (χ4n) is 1.94. The van der Waals surface area contributed by atoms with Gasteiger partial charge in [-0.05, 0) is 32.9 Å². The summed E-state index contributed by atoms with van der Waals surface area (Å²) in [5.41, 5.74) is 2.46. The Balaban J connectivity index is 2.14. The number of hydrogen-bond acceptors (Lipinski definition) is 4. The van der Waals surface area contributed by atoms with Crippen molar-refractivity contribution < 1.29 is 9.90 Å². The molecule has 0 bridgehead atoms. The van der Waals surface area contributed by atoms with Gasteiger partial charge in [0.2, 0.25) is 0 Å². The first-order chi connectivity index (χ1) is 9.47. The molecule has 0 saturated carbocycles. The van der Waals surface area contributed by atoms with Crippen LogP contribution in [-0.4, -0.2) is 21.0 Å². The van der Waals surface area contributed by atoms with E-state index >= 15 is 0 Å². The van der Waals surface area contributed by atoms with Crippen LogP contribution in [0.15, 0.2) is 29.2 Å². The molecule has 104 valence electrons. The van der Waals surface area contributed by atoms with Gasteiger partial charge in [-0.15, -0.1) is 11.8 Å². The van der Waals surface area contributed by atoms with E-state index in [1.165, 1.54) is 5.56 Å². The molecule has 4 nitrogen and oxygen atoms in total. The van der Waals surface area contributed by atoms with E-state index in [1.807, 2.05) is 0 Å². The molecule has 0 saturated heterocycles. The molecule has 0 atom stereocenters. The predicted octanol–water partition coefficient (Wildman–Crippen LogP) is 3.39. The molecule has 1 heterocycles. The van der Waals surface area contributed by atoms with Gasteiger partial charge in [-0.25, -0.2) is 14.8 Å². The zero-order chi connectivity index (χ0) is 14.7. The van der Waals surface area contributed by atoms with Crippen LogP contribution < -0.4 is 0 Å². The molecule has 1 N–H and O–H groups in total. The van der Waals surface area contributed by atoms with Gasteiger partial charge in [0.15, 0.2) is 0 Å². The van der Waals surface area contributed by atoms with Crippen molar-refractivity contribution in [2.24, 2.45) is 0 Å². The van der Waals surface area contributed by atoms with E-state index in [1.54, 1.807) is 25.6 Å². The monoisotopic (exact) mass is 288 g/mol. The molecule has 0 aliphatic rings. The summed E-state index contributed by atoms with van der Waals surface area (Å²) in [6.45, 7) is 5.46. The highest BCUT2D eigenvalue weighted by atomic mass is 32.2. The Hall–Kier alpha value is -1.88. The van der Waals surface area contributed by atoms with Crippen LogP contribution in [0, 0.1) is 20.8 Å². The molecule has 1 aromatic carbocycles. The van der Waals surface area contributed by atoms with Gasteiger partial charge in [-0.1, -0.05) is 17.7 Å². The maximum absolute atomic E-state index is 11.1. The number of aromatic nitrogens is 2. The van der Waals surface area contributed by atoms with Gasteiger partial charge in [0, 0.05) is 4.90 Å². The van der Waals surface area contributed by atoms with Crippen LogP contribution in [0.5, 0.6) is 0 Å². The van der Waals surface area contributed by atoms with E-state index in [4.69, 9.17) is 5.11 Å². The minimum Gasteiger partial charge on any atom is -0.478 e. The van der Waals surface area contributed by atoms with Crippen LogP contribution in [-0.2, 0) is 5.75 Å². The van der Waals surface area contributed by atoms with Gasteiger partial charge in [0.25, 0.3) is 0 Å². The summed E-state index contributed by atoms with van der Waals surface area (Å²) in [4.78, 5) is 20.8. The van der Waals surface area contributed by atoms with Crippen molar-refractivity contribution in [3.05, 3.63) is 52.6 Å². The maximum atomic E-state index is 11.1. The first-order valence-corrected chi connectivity index (χ1v) is 7.23. The van der Waals surface area contributed by atoms with Crippen LogP contribution in [0.25, 0.3) is 0 Å². The zero-order valence-corrected chi connectivity index (χ0v) is 12.5. The summed E-state index contributed by atoms with van der Waals surface area (Å²) < 4.78 is 0. The van der Waals surface area contributed by atoms with Crippen LogP contribution in [0.4, 0.5) is 0 Å². The largest absolute Gasteiger partial charge is 0.478 e. The number of benzene rings is 1. The average molecular weight is 288 g/mol. The number of hydrogen-bond donors (Lipinski definition) is 1. The fraction of sp³-hybridized carbons (Fsp3) is 0.267. The number of aryl methyl sites for hydroxylation is 3. The first kappa shape index (κ1) is 14.5. The van der Waals surface area contributed by atoms with Crippen LogP contribution in [0.2, 0.25) is 0 Å². The summed E-state index contributed by atoms with van der Waals surface area (Å²) in [6.07, 6.45) is 0. The Bertz CT molecular complexity index is 616. The third-order valence-corrected chi connectivity index (χ3v) is 3.93. The van der Waals surface area contributed by atoms with E-state index in [-0.39, 0.29) is 5.56 Å². The first-order valence-electron chi connectivity index (χ1n) is 6.24. The third kappa shape index (κ3) is 3.36. The van der Waals surface area contributed by atoms with Gasteiger partial charge in [0.05, 0.1) is 17.1 Å². The number of carboxylic acids is 1. The van der Waals surface area contributed by atoms with Crippen LogP contribution >= 0.6 is 11.8 Å². The highest BCUT2D eigenvalue weighted by Gasteiger charge is 2.14. The van der Waals surface area contributed by atoms with E-state index in [0.29, 0.717) is 23.0 Å². The summed E-state index contributed by atoms with van der Waals surface area (Å²) in [5.74, 6) is 0.318. The van der Waals surface area contributed by atoms with E-state index < -0.39 is 5.97 Å². The molecule has 0 aliphatic heterocycles. The van der Waals surface area contributed by atoms with Crippen molar-refractivity contribution in [3.63, 3.8) is 0 Å². The predicted molar refractivity (Wildman–Crippen MR) is 79.2 cm³/mol. The molecule has 0 amide bonds. The summed E-state index contributed by atoms with van der Waals surface area (Å²) >= 11 is 1.64. The lowest BCUT2D eigenvalue weighted by Gasteiger charge is -2.07. The number of thioether (sulfide) groups is 1. The second-order valence-corrected chi connectivity index (χ2v) is 5.64. The summed E-state index contributed by atoms with van der Waals surface area (Å²) in [6, 6.07) is 8.25. The number of nitrogens with zero attached hydrogens (tertiary/aromatic N) is 2. The highest BCUT2D eigenvalue weighted by Crippen LogP contribution is 2.22. The minimum absolute atomic E-state index is 0.203. The summed E-state index contributed by atoms with van der Waals surface area (Å²) in [5, 5.41) is 9.09. The number of carbonyl (C=O) groups is 1. The summed E-state index contributed by atoms with van der Waals surface area (Å²) in [7, 11) is 0. The van der Waals surface area contributed by atoms with E-state index in [9.17, 15) is 4.79 Å². The number of rotatable bonds is 4. The third-order valence-electron chi connectivity index (χ3n) is 2.92. The van der Waals surface area contributed by atoms with Crippen molar-refractivity contribution in [3.8, 4) is 0 Å². The lowest BCUT2D eigenvalue weighted by atomic mass is 10.2. The second-order valence-electron chi connectivity index (χ2n) is 4.59. The van der Waals surface area contributed by atoms with Crippen LogP contribution in [0.3, 0.4) is 0 Å². The molecule has 0 unspecified atom stereocenters.